The molecule has 0 saturated carbocycles. The van der Waals surface area contributed by atoms with E-state index >= 15 is 0 Å². The average molecular weight is 297 g/mol. The lowest BCUT2D eigenvalue weighted by atomic mass is 9.98. The minimum Gasteiger partial charge on any atom is -0.358 e. The summed E-state index contributed by atoms with van der Waals surface area (Å²) in [4.78, 5) is 4.15. The van der Waals surface area contributed by atoms with E-state index in [2.05, 4.69) is 20.5 Å². The van der Waals surface area contributed by atoms with E-state index in [0.29, 0.717) is 10.9 Å². The Kier molecular flexibility index (Phi) is 3.79. The lowest BCUT2D eigenvalue weighted by molar-refractivity contribution is 0.472. The number of rotatable bonds is 3. The van der Waals surface area contributed by atoms with Gasteiger partial charge in [0, 0.05) is 18.0 Å². The monoisotopic (exact) mass is 296 g/mol. The van der Waals surface area contributed by atoms with Crippen molar-refractivity contribution in [2.45, 2.75) is 5.66 Å². The molecule has 21 heavy (non-hydrogen) atoms. The topological polar surface area (TPSA) is 49.6 Å². The van der Waals surface area contributed by atoms with Crippen LogP contribution in [0.2, 0.25) is 0 Å². The number of allylic oxidation sites excluding steroid dienone is 2. The van der Waals surface area contributed by atoms with Gasteiger partial charge in [-0.2, -0.15) is 0 Å². The molecule has 1 aliphatic heterocycles. The van der Waals surface area contributed by atoms with Gasteiger partial charge in [0.05, 0.1) is 5.03 Å². The highest BCUT2D eigenvalue weighted by atomic mass is 35.5. The highest BCUT2D eigenvalue weighted by Gasteiger charge is 2.30. The van der Waals surface area contributed by atoms with Crippen molar-refractivity contribution in [1.82, 2.24) is 10.3 Å². The molecule has 0 saturated heterocycles. The number of benzene rings is 1. The summed E-state index contributed by atoms with van der Waals surface area (Å²) in [5, 5.41) is 12.5. The van der Waals surface area contributed by atoms with Crippen LogP contribution in [-0.4, -0.2) is 4.98 Å². The fraction of sp³-hybridized carbons (Fsp3) is 0.0625. The van der Waals surface area contributed by atoms with Crippen LogP contribution in [0.4, 0.5) is 5.82 Å². The molecular formula is C16H13ClN4. The van der Waals surface area contributed by atoms with Crippen molar-refractivity contribution in [3.05, 3.63) is 83.7 Å². The summed E-state index contributed by atoms with van der Waals surface area (Å²) >= 11 is 5.98. The van der Waals surface area contributed by atoms with Crippen LogP contribution in [0.5, 0.6) is 0 Å². The Hall–Kier alpha value is -2.46. The number of nitrogens with one attached hydrogen (secondary N) is 1. The van der Waals surface area contributed by atoms with Gasteiger partial charge in [-0.3, -0.25) is 0 Å². The van der Waals surface area contributed by atoms with Gasteiger partial charge in [0.2, 0.25) is 0 Å². The predicted molar refractivity (Wildman–Crippen MR) is 83.1 cm³/mol. The number of dihydropyridines is 1. The lowest BCUT2D eigenvalue weighted by Crippen LogP contribution is -2.36. The van der Waals surface area contributed by atoms with Crippen molar-refractivity contribution in [2.75, 3.05) is 0 Å². The molecule has 1 aromatic heterocycles. The summed E-state index contributed by atoms with van der Waals surface area (Å²) in [6, 6.07) is 15.4. The van der Waals surface area contributed by atoms with Crippen LogP contribution in [0.3, 0.4) is 0 Å². The zero-order chi connectivity index (χ0) is 14.5. The quantitative estimate of drug-likeness (QED) is 0.860. The molecule has 2 aromatic rings. The molecule has 0 radical (unpaired) electrons. The molecule has 1 N–H and O–H groups in total. The summed E-state index contributed by atoms with van der Waals surface area (Å²) in [6.07, 6.45) is 7.09. The predicted octanol–water partition coefficient (Wildman–Crippen LogP) is 4.26. The Morgan fingerprint density at radius 2 is 1.86 bits per heavy atom. The van der Waals surface area contributed by atoms with Gasteiger partial charge in [0.1, 0.15) is 0 Å². The van der Waals surface area contributed by atoms with Gasteiger partial charge in [0.25, 0.3) is 0 Å². The fourth-order valence-electron chi connectivity index (χ4n) is 2.01. The Balaban J connectivity index is 1.98. The third kappa shape index (κ3) is 3.01. The third-order valence-electron chi connectivity index (χ3n) is 3.09. The van der Waals surface area contributed by atoms with E-state index in [1.165, 1.54) is 0 Å². The number of azo groups is 1. The maximum absolute atomic E-state index is 5.98. The number of hydrogen-bond acceptors (Lipinski definition) is 4. The molecule has 104 valence electrons. The molecule has 4 nitrogen and oxygen atoms in total. The van der Waals surface area contributed by atoms with Gasteiger partial charge in [0.15, 0.2) is 11.5 Å². The molecule has 0 fully saturated rings. The van der Waals surface area contributed by atoms with E-state index in [0.717, 1.165) is 5.56 Å². The highest BCUT2D eigenvalue weighted by Crippen LogP contribution is 2.30. The molecule has 1 aromatic carbocycles. The van der Waals surface area contributed by atoms with Crippen LogP contribution in [0, 0.1) is 0 Å². The van der Waals surface area contributed by atoms with Crippen LogP contribution in [-0.2, 0) is 5.66 Å². The van der Waals surface area contributed by atoms with Gasteiger partial charge < -0.3 is 5.32 Å². The SMILES string of the molecule is ClC1=CNC(N=Nc2ccccn2)(c2ccccc2)C=C1. The standard InChI is InChI=1S/C16H13ClN4/c17-14-9-10-16(19-12-14,13-6-2-1-3-7-13)21-20-15-8-4-5-11-18-15/h1-12,19H. The summed E-state index contributed by atoms with van der Waals surface area (Å²) in [7, 11) is 0. The molecule has 3 rings (SSSR count). The average Bonchev–Trinajstić information content (AvgIpc) is 2.57. The zero-order valence-electron chi connectivity index (χ0n) is 11.1. The lowest BCUT2D eigenvalue weighted by Gasteiger charge is -2.28. The van der Waals surface area contributed by atoms with Crippen LogP contribution in [0.15, 0.2) is 88.3 Å². The zero-order valence-corrected chi connectivity index (χ0v) is 11.9. The van der Waals surface area contributed by atoms with E-state index in [1.54, 1.807) is 18.5 Å². The summed E-state index contributed by atoms with van der Waals surface area (Å²) in [5.74, 6) is 0.559. The molecule has 0 spiro atoms. The van der Waals surface area contributed by atoms with Crippen LogP contribution in [0.25, 0.3) is 0 Å². The van der Waals surface area contributed by atoms with E-state index in [4.69, 9.17) is 11.6 Å². The Labute approximate surface area is 127 Å². The second-order valence-corrected chi connectivity index (χ2v) is 4.96. The molecule has 1 unspecified atom stereocenters. The van der Waals surface area contributed by atoms with Crippen molar-refractivity contribution < 1.29 is 0 Å². The molecule has 1 aliphatic rings. The van der Waals surface area contributed by atoms with Gasteiger partial charge in [-0.1, -0.05) is 48.0 Å². The molecular weight excluding hydrogens is 284 g/mol. The van der Waals surface area contributed by atoms with Gasteiger partial charge in [-0.15, -0.1) is 10.2 Å². The maximum Gasteiger partial charge on any atom is 0.195 e. The van der Waals surface area contributed by atoms with Gasteiger partial charge in [-0.05, 0) is 24.3 Å². The summed E-state index contributed by atoms with van der Waals surface area (Å²) in [6.45, 7) is 0. The first-order valence-corrected chi connectivity index (χ1v) is 6.88. The Morgan fingerprint density at radius 3 is 2.52 bits per heavy atom. The van der Waals surface area contributed by atoms with E-state index in [-0.39, 0.29) is 0 Å². The smallest absolute Gasteiger partial charge is 0.195 e. The number of aromatic nitrogens is 1. The van der Waals surface area contributed by atoms with Crippen molar-refractivity contribution >= 4 is 17.4 Å². The second-order valence-electron chi connectivity index (χ2n) is 4.53. The Bertz CT molecular complexity index is 695. The number of nitrogens with zero attached hydrogens (tertiary/aromatic N) is 3. The van der Waals surface area contributed by atoms with Crippen molar-refractivity contribution in [3.63, 3.8) is 0 Å². The van der Waals surface area contributed by atoms with Crippen molar-refractivity contribution in [1.29, 1.82) is 0 Å². The summed E-state index contributed by atoms with van der Waals surface area (Å²) in [5.41, 5.74) is 0.207. The molecule has 0 bridgehead atoms. The van der Waals surface area contributed by atoms with Crippen molar-refractivity contribution in [2.24, 2.45) is 10.2 Å². The van der Waals surface area contributed by atoms with Gasteiger partial charge in [-0.25, -0.2) is 4.98 Å². The highest BCUT2D eigenvalue weighted by molar-refractivity contribution is 6.31. The maximum atomic E-state index is 5.98. The molecule has 2 heterocycles. The van der Waals surface area contributed by atoms with E-state index < -0.39 is 5.66 Å². The number of hydrogen-bond donors (Lipinski definition) is 1. The van der Waals surface area contributed by atoms with Crippen LogP contribution >= 0.6 is 11.6 Å². The van der Waals surface area contributed by atoms with E-state index in [9.17, 15) is 0 Å². The minimum absolute atomic E-state index is 0.559. The molecule has 1 atom stereocenters. The Morgan fingerprint density at radius 1 is 1.05 bits per heavy atom. The van der Waals surface area contributed by atoms with Gasteiger partial charge >= 0.3 is 0 Å². The first-order chi connectivity index (χ1) is 10.3. The molecule has 0 aliphatic carbocycles. The largest absolute Gasteiger partial charge is 0.358 e. The van der Waals surface area contributed by atoms with Crippen LogP contribution in [0.1, 0.15) is 5.56 Å². The first kappa shape index (κ1) is 13.5. The summed E-state index contributed by atoms with van der Waals surface area (Å²) < 4.78 is 0. The van der Waals surface area contributed by atoms with Crippen molar-refractivity contribution in [3.8, 4) is 0 Å². The molecule has 5 heteroatoms. The normalized spacial score (nSPS) is 21.1. The minimum atomic E-state index is -0.767. The number of halogens is 1. The fourth-order valence-corrected chi connectivity index (χ4v) is 2.13. The number of pyridine rings is 1. The second kappa shape index (κ2) is 5.89. The first-order valence-electron chi connectivity index (χ1n) is 6.51. The third-order valence-corrected chi connectivity index (χ3v) is 3.32. The molecule has 0 amide bonds. The van der Waals surface area contributed by atoms with E-state index in [1.807, 2.05) is 54.6 Å². The van der Waals surface area contributed by atoms with Crippen LogP contribution < -0.4 is 5.32 Å².